The lowest BCUT2D eigenvalue weighted by molar-refractivity contribution is -0.147. The largest absolute Gasteiger partial charge is 0.497 e. The highest BCUT2D eigenvalue weighted by molar-refractivity contribution is 7.90. The quantitative estimate of drug-likeness (QED) is 0.0592. The molecule has 568 valence electrons. The number of fused-ring (bicyclic) bond motifs is 6. The average molecular weight is 1530 g/mol. The molecule has 28 heteroatoms. The van der Waals surface area contributed by atoms with Crippen molar-refractivity contribution in [3.8, 4) is 45.5 Å². The smallest absolute Gasteiger partial charge is 0.326 e. The van der Waals surface area contributed by atoms with Crippen LogP contribution in [0.1, 0.15) is 90.9 Å². The van der Waals surface area contributed by atoms with Gasteiger partial charge in [-0.15, -0.1) is 12.4 Å². The summed E-state index contributed by atoms with van der Waals surface area (Å²) in [5.74, 6) is -1.69. The Morgan fingerprint density at radius 2 is 1.00 bits per heavy atom. The number of nitrogens with one attached hydrogen (secondary N) is 5. The van der Waals surface area contributed by atoms with Gasteiger partial charge in [0.2, 0.25) is 17.7 Å². The molecule has 0 bridgehead atoms. The van der Waals surface area contributed by atoms with E-state index in [1.54, 1.807) is 50.6 Å². The highest BCUT2D eigenvalue weighted by atomic mass is 35.5. The Morgan fingerprint density at radius 3 is 1.46 bits per heavy atom. The van der Waals surface area contributed by atoms with E-state index in [-0.39, 0.29) is 72.3 Å². The van der Waals surface area contributed by atoms with Gasteiger partial charge in [0.25, 0.3) is 31.9 Å². The van der Waals surface area contributed by atoms with Crippen LogP contribution < -0.4 is 50.1 Å². The maximum Gasteiger partial charge on any atom is 0.326 e. The predicted molar refractivity (Wildman–Crippen MR) is 413 cm³/mol. The molecule has 2 saturated heterocycles. The van der Waals surface area contributed by atoms with Crippen LogP contribution in [0.15, 0.2) is 192 Å². The molecule has 6 aliphatic rings. The van der Waals surface area contributed by atoms with Crippen LogP contribution in [0.25, 0.3) is 44.3 Å². The van der Waals surface area contributed by atoms with Gasteiger partial charge in [-0.1, -0.05) is 122 Å². The first-order valence-corrected chi connectivity index (χ1v) is 38.9. The number of anilines is 2. The van der Waals surface area contributed by atoms with Crippen molar-refractivity contribution in [2.45, 2.75) is 136 Å². The molecule has 2 aliphatic carbocycles. The third-order valence-electron chi connectivity index (χ3n) is 20.1. The number of aromatic nitrogens is 2. The Hall–Kier alpha value is -10.6. The molecular weight excluding hydrogens is 1440 g/mol. The molecule has 8 atom stereocenters. The Morgan fingerprint density at radius 1 is 0.556 bits per heavy atom. The zero-order chi connectivity index (χ0) is 75.6. The van der Waals surface area contributed by atoms with Gasteiger partial charge in [-0.2, -0.15) is 0 Å². The van der Waals surface area contributed by atoms with Crippen LogP contribution in [0, 0.1) is 11.8 Å². The molecule has 2 aromatic heterocycles. The van der Waals surface area contributed by atoms with Crippen molar-refractivity contribution in [2.24, 2.45) is 17.6 Å². The predicted octanol–water partition coefficient (Wildman–Crippen LogP) is 10.7. The van der Waals surface area contributed by atoms with Gasteiger partial charge < -0.3 is 55.5 Å². The number of rotatable bonds is 11. The number of carboxylic acid groups (broad SMARTS) is 1. The maximum absolute atomic E-state index is 14.2. The van der Waals surface area contributed by atoms with E-state index in [0.29, 0.717) is 70.6 Å². The van der Waals surface area contributed by atoms with Crippen LogP contribution >= 0.6 is 12.4 Å². The summed E-state index contributed by atoms with van der Waals surface area (Å²) in [4.78, 5) is 89.3. The minimum atomic E-state index is -4.30. The van der Waals surface area contributed by atoms with E-state index >= 15 is 0 Å². The first-order chi connectivity index (χ1) is 51.5. The van der Waals surface area contributed by atoms with E-state index in [9.17, 15) is 50.7 Å². The standard InChI is InChI=1S/C40H43N5O7S.C23H22N2O5.C17H23N3O3S.ClH/c1-26(46)45-25-30(52-36-23-33(27-13-7-6-8-14-27)42-34-21-29(51-2)18-19-31(34)36)22-35(45)38(47)43-40-24-28(40)15-9-4-3-5-12-20-41-32-16-10-11-17-37(32)53(49,50)44-39(40)48;1-14(26)25-13-17(11-21(25)23(27)28)30-22-12-19(15-6-4-3-5-7-15)24-20-10-16(29-2)8-9-18(20)22;18-17-12-13(17)8-4-2-1-3-7-11-19-14-9-5-6-10-15(14)24(22,23)20-16(17)21;/h6-11,13-19,21,23,28,30,35,41H,3-5,12,20,22,24-25H2,1-2H3,(H,43,47)(H,44,48);3-10,12,17,21H,11,13H2,1-2H3,(H,27,28);4-6,8-10,13,19H,1-3,7,11-12,18H2,(H,20,21);1H/b15-9+;;8-4+;/t28-,30-,35+,40-;17-,21+;13-,17-;/m111./s1. The Kier molecular flexibility index (Phi) is 24.8. The second-order valence-electron chi connectivity index (χ2n) is 27.6. The number of hydrogen-bond acceptors (Lipinski definition) is 19. The number of carbonyl (C=O) groups excluding carboxylic acids is 5. The molecule has 5 amide bonds. The van der Waals surface area contributed by atoms with E-state index < -0.39 is 85.0 Å². The summed E-state index contributed by atoms with van der Waals surface area (Å²) in [6.45, 7) is 4.40. The summed E-state index contributed by atoms with van der Waals surface area (Å²) in [5.41, 5.74) is 8.98. The fraction of sp³-hybridized carbons (Fsp3) is 0.350. The molecule has 0 radical (unpaired) electrons. The number of nitrogens with two attached hydrogens (primary N) is 1. The minimum absolute atomic E-state index is 0. The lowest BCUT2D eigenvalue weighted by Crippen LogP contribution is -2.56. The Balaban J connectivity index is 0.000000178. The summed E-state index contributed by atoms with van der Waals surface area (Å²) in [6, 6.07) is 45.4. The van der Waals surface area contributed by atoms with Crippen LogP contribution in [-0.2, 0) is 48.8 Å². The first-order valence-electron chi connectivity index (χ1n) is 35.9. The molecular formula is C80H89ClN10O15S2. The van der Waals surface area contributed by atoms with Crippen LogP contribution in [0.3, 0.4) is 0 Å². The number of carboxylic acids is 1. The molecule has 25 nitrogen and oxygen atoms in total. The number of sulfonamides is 2. The minimum Gasteiger partial charge on any atom is -0.497 e. The van der Waals surface area contributed by atoms with Gasteiger partial charge in [0.1, 0.15) is 68.2 Å². The van der Waals surface area contributed by atoms with Gasteiger partial charge in [0.15, 0.2) is 0 Å². The average Bonchev–Trinajstić information content (AvgIpc) is 1.57. The molecule has 108 heavy (non-hydrogen) atoms. The summed E-state index contributed by atoms with van der Waals surface area (Å²) < 4.78 is 80.4. The number of ether oxygens (including phenoxy) is 4. The van der Waals surface area contributed by atoms with Crippen LogP contribution in [0.2, 0.25) is 0 Å². The van der Waals surface area contributed by atoms with Crippen LogP contribution in [0.5, 0.6) is 23.0 Å². The second-order valence-corrected chi connectivity index (χ2v) is 30.9. The zero-order valence-corrected chi connectivity index (χ0v) is 62.8. The third kappa shape index (κ3) is 18.2. The van der Waals surface area contributed by atoms with Gasteiger partial charge in [-0.25, -0.2) is 41.0 Å². The molecule has 0 spiro atoms. The number of nitrogens with zero attached hydrogens (tertiary/aromatic N) is 4. The van der Waals surface area contributed by atoms with E-state index in [2.05, 4.69) is 25.4 Å². The number of benzene rings is 6. The fourth-order valence-corrected chi connectivity index (χ4v) is 16.5. The molecule has 6 aromatic carbocycles. The topological polar surface area (TPSA) is 346 Å². The van der Waals surface area contributed by atoms with Crippen LogP contribution in [0.4, 0.5) is 11.4 Å². The number of para-hydroxylation sites is 2. The summed E-state index contributed by atoms with van der Waals surface area (Å²) in [6.07, 6.45) is 15.5. The number of allylic oxidation sites excluding steroid dienone is 2. The van der Waals surface area contributed by atoms with E-state index in [1.807, 2.05) is 133 Å². The SMILES string of the molecule is COc1ccc2c(O[C@@H]3C[C@@H](C(=O)N[C@]45C[C@H]4/C=C/CCCCCNc4ccccc4S(=O)(=O)NC5=O)N(C(C)=O)C3)cc(-c3ccccc3)nc2c1.COc1ccc2c(O[C@@H]3C[C@@H](C(=O)O)N(C(C)=O)C3)cc(-c3ccccc3)nc2c1.Cl.N[C@]12C[C@H]1/C=C/CCCCCNc1ccccc1S(=O)(=O)NC2=O. The molecule has 6 heterocycles. The Bertz CT molecular complexity index is 4940. The maximum atomic E-state index is 14.2. The zero-order valence-electron chi connectivity index (χ0n) is 60.4. The molecule has 0 unspecified atom stereocenters. The van der Waals surface area contributed by atoms with Crippen molar-refractivity contribution in [3.05, 3.63) is 182 Å². The molecule has 8 N–H and O–H groups in total. The summed E-state index contributed by atoms with van der Waals surface area (Å²) in [7, 11) is -5.07. The normalized spacial score (nSPS) is 24.1. The van der Waals surface area contributed by atoms with Gasteiger partial charge in [0, 0.05) is 97.8 Å². The monoisotopic (exact) mass is 1530 g/mol. The number of aliphatic carboxylic acids is 1. The number of hydrogen-bond donors (Lipinski definition) is 7. The van der Waals surface area contributed by atoms with Crippen molar-refractivity contribution in [1.29, 1.82) is 0 Å². The van der Waals surface area contributed by atoms with Crippen molar-refractivity contribution in [3.63, 3.8) is 0 Å². The highest BCUT2D eigenvalue weighted by Gasteiger charge is 2.62. The molecule has 2 saturated carbocycles. The van der Waals surface area contributed by atoms with Gasteiger partial charge in [0.05, 0.1) is 61.1 Å². The van der Waals surface area contributed by atoms with E-state index in [1.165, 1.54) is 35.8 Å². The second kappa shape index (κ2) is 34.1. The molecule has 14 rings (SSSR count). The van der Waals surface area contributed by atoms with Gasteiger partial charge >= 0.3 is 5.97 Å². The molecule has 4 fully saturated rings. The number of halogens is 1. The van der Waals surface area contributed by atoms with Gasteiger partial charge in [-0.05, 0) is 99.9 Å². The van der Waals surface area contributed by atoms with Crippen LogP contribution in [-0.4, -0.2) is 153 Å². The summed E-state index contributed by atoms with van der Waals surface area (Å²) in [5, 5.41) is 20.2. The number of carbonyl (C=O) groups is 6. The van der Waals surface area contributed by atoms with Gasteiger partial charge in [-0.3, -0.25) is 24.0 Å². The first kappa shape index (κ1) is 78.5. The number of methoxy groups -OCH3 is 2. The molecule has 8 aromatic rings. The fourth-order valence-electron chi connectivity index (χ4n) is 14.0. The number of likely N-dealkylation sites (tertiary alicyclic amines) is 2. The number of pyridine rings is 2. The van der Waals surface area contributed by atoms with Crippen molar-refractivity contribution in [2.75, 3.05) is 51.0 Å². The third-order valence-corrected chi connectivity index (χ3v) is 22.9. The summed E-state index contributed by atoms with van der Waals surface area (Å²) >= 11 is 0. The van der Waals surface area contributed by atoms with Crippen molar-refractivity contribution < 1.29 is 69.7 Å². The lowest BCUT2D eigenvalue weighted by atomic mass is 10.1. The Labute approximate surface area is 633 Å². The van der Waals surface area contributed by atoms with Crippen molar-refractivity contribution >= 4 is 101 Å². The lowest BCUT2D eigenvalue weighted by Gasteiger charge is -2.25. The number of amides is 5. The molecule has 4 aliphatic heterocycles. The highest BCUT2D eigenvalue weighted by Crippen LogP contribution is 2.47. The van der Waals surface area contributed by atoms with Crippen molar-refractivity contribution in [1.82, 2.24) is 34.5 Å². The van der Waals surface area contributed by atoms with E-state index in [4.69, 9.17) is 34.6 Å². The van der Waals surface area contributed by atoms with E-state index in [0.717, 1.165) is 79.0 Å².